The lowest BCUT2D eigenvalue weighted by atomic mass is 10.1. The minimum Gasteiger partial charge on any atom is -0.477 e. The molecule has 0 aromatic heterocycles. The van der Waals surface area contributed by atoms with Crippen LogP contribution in [0.5, 0.6) is 0 Å². The van der Waals surface area contributed by atoms with Gasteiger partial charge in [0.25, 0.3) is 5.91 Å². The maximum absolute atomic E-state index is 11.4. The highest BCUT2D eigenvalue weighted by Crippen LogP contribution is 2.38. The number of carboxylic acid groups (broad SMARTS) is 1. The van der Waals surface area contributed by atoms with Crippen molar-refractivity contribution in [3.8, 4) is 0 Å². The van der Waals surface area contributed by atoms with Crippen molar-refractivity contribution < 1.29 is 19.4 Å². The Kier molecular flexibility index (Phi) is 2.24. The normalized spacial score (nSPS) is 30.5. The number of fused-ring (bicyclic) bond motifs is 1. The second-order valence-electron chi connectivity index (χ2n) is 2.98. The van der Waals surface area contributed by atoms with Crippen molar-refractivity contribution in [2.45, 2.75) is 11.5 Å². The van der Waals surface area contributed by atoms with Crippen molar-refractivity contribution in [3.05, 3.63) is 11.8 Å². The van der Waals surface area contributed by atoms with Gasteiger partial charge in [-0.05, 0) is 6.08 Å². The van der Waals surface area contributed by atoms with Crippen LogP contribution in [0.15, 0.2) is 11.8 Å². The second kappa shape index (κ2) is 3.29. The number of hydrogen-bond acceptors (Lipinski definition) is 4. The van der Waals surface area contributed by atoms with Gasteiger partial charge in [-0.25, -0.2) is 4.79 Å². The molecule has 1 saturated heterocycles. The van der Waals surface area contributed by atoms with Gasteiger partial charge in [0.15, 0.2) is 6.10 Å². The molecule has 0 radical (unpaired) electrons. The van der Waals surface area contributed by atoms with Crippen LogP contribution in [-0.2, 0) is 14.3 Å². The third-order valence-corrected chi connectivity index (χ3v) is 3.43. The average molecular weight is 215 g/mol. The van der Waals surface area contributed by atoms with Gasteiger partial charge in [-0.1, -0.05) is 0 Å². The molecule has 0 aromatic rings. The summed E-state index contributed by atoms with van der Waals surface area (Å²) in [4.78, 5) is 23.5. The maximum atomic E-state index is 11.4. The van der Waals surface area contributed by atoms with Gasteiger partial charge in [-0.2, -0.15) is 0 Å². The number of carbonyl (C=O) groups excluding carboxylic acids is 1. The van der Waals surface area contributed by atoms with Crippen LogP contribution in [0.1, 0.15) is 0 Å². The molecule has 1 amide bonds. The quantitative estimate of drug-likeness (QED) is 0.651. The number of hydrogen-bond donors (Lipinski definition) is 1. The summed E-state index contributed by atoms with van der Waals surface area (Å²) in [6.07, 6.45) is 1.07. The Morgan fingerprint density at radius 1 is 1.79 bits per heavy atom. The van der Waals surface area contributed by atoms with E-state index in [9.17, 15) is 9.59 Å². The first-order valence-corrected chi connectivity index (χ1v) is 5.12. The Balaban J connectivity index is 2.23. The molecular weight excluding hydrogens is 206 g/mol. The summed E-state index contributed by atoms with van der Waals surface area (Å²) in [5.41, 5.74) is 0.0760. The number of aliphatic carboxylic acids is 1. The summed E-state index contributed by atoms with van der Waals surface area (Å²) >= 11 is 1.51. The molecule has 0 bridgehead atoms. The van der Waals surface area contributed by atoms with Crippen LogP contribution in [0.4, 0.5) is 0 Å². The van der Waals surface area contributed by atoms with Crippen molar-refractivity contribution in [2.24, 2.45) is 0 Å². The van der Waals surface area contributed by atoms with Crippen LogP contribution < -0.4 is 0 Å². The Labute approximate surface area is 84.7 Å². The highest BCUT2D eigenvalue weighted by atomic mass is 32.2. The van der Waals surface area contributed by atoms with E-state index in [1.807, 2.05) is 0 Å². The fourth-order valence-electron chi connectivity index (χ4n) is 1.59. The lowest BCUT2D eigenvalue weighted by molar-refractivity contribution is -0.161. The number of β-lactam (4-membered cyclic amide) rings is 1. The van der Waals surface area contributed by atoms with Crippen molar-refractivity contribution in [1.29, 1.82) is 0 Å². The standard InChI is InChI=1S/C8H9NO4S/c1-13-5-6(10)9-4(8(11)12)2-3-14-7(5)9/h2,5,7H,3H2,1H3,(H,11,12)/t5-,7+/m1/s1. The topological polar surface area (TPSA) is 66.8 Å². The van der Waals surface area contributed by atoms with E-state index in [2.05, 4.69) is 0 Å². The molecule has 1 N–H and O–H groups in total. The first-order chi connectivity index (χ1) is 6.66. The number of nitrogens with zero attached hydrogens (tertiary/aromatic N) is 1. The summed E-state index contributed by atoms with van der Waals surface area (Å²) in [5, 5.41) is 8.66. The van der Waals surface area contributed by atoms with Gasteiger partial charge in [0, 0.05) is 12.9 Å². The molecule has 0 aliphatic carbocycles. The van der Waals surface area contributed by atoms with E-state index in [0.717, 1.165) is 0 Å². The summed E-state index contributed by atoms with van der Waals surface area (Å²) in [6.45, 7) is 0. The highest BCUT2D eigenvalue weighted by molar-refractivity contribution is 8.00. The second-order valence-corrected chi connectivity index (χ2v) is 4.13. The zero-order valence-electron chi connectivity index (χ0n) is 7.47. The number of carboxylic acids is 1. The molecule has 0 aromatic carbocycles. The highest BCUT2D eigenvalue weighted by Gasteiger charge is 2.52. The first-order valence-electron chi connectivity index (χ1n) is 4.07. The molecule has 0 unspecified atom stereocenters. The molecule has 14 heavy (non-hydrogen) atoms. The summed E-state index contributed by atoms with van der Waals surface area (Å²) in [6, 6.07) is 0. The van der Waals surface area contributed by atoms with E-state index >= 15 is 0 Å². The van der Waals surface area contributed by atoms with Gasteiger partial charge in [0.05, 0.1) is 0 Å². The van der Waals surface area contributed by atoms with Crippen LogP contribution in [0, 0.1) is 0 Å². The van der Waals surface area contributed by atoms with Crippen molar-refractivity contribution >= 4 is 23.6 Å². The summed E-state index contributed by atoms with van der Waals surface area (Å²) in [5.74, 6) is -0.716. The number of amides is 1. The fraction of sp³-hybridized carbons (Fsp3) is 0.500. The zero-order valence-corrected chi connectivity index (χ0v) is 8.28. The Morgan fingerprint density at radius 2 is 2.50 bits per heavy atom. The molecule has 2 atom stereocenters. The number of methoxy groups -OCH3 is 1. The SMILES string of the molecule is CO[C@@H]1C(=O)N2C(C(=O)O)=CCS[C@@H]12. The molecular formula is C8H9NO4S. The molecule has 2 rings (SSSR count). The molecule has 0 spiro atoms. The molecule has 0 saturated carbocycles. The number of rotatable bonds is 2. The van der Waals surface area contributed by atoms with Gasteiger partial charge >= 0.3 is 5.97 Å². The molecule has 2 aliphatic rings. The van der Waals surface area contributed by atoms with E-state index in [0.29, 0.717) is 5.75 Å². The third-order valence-electron chi connectivity index (χ3n) is 2.27. The van der Waals surface area contributed by atoms with Crippen LogP contribution in [0.3, 0.4) is 0 Å². The Morgan fingerprint density at radius 3 is 3.07 bits per heavy atom. The van der Waals surface area contributed by atoms with Crippen molar-refractivity contribution in [1.82, 2.24) is 4.90 Å². The molecule has 2 aliphatic heterocycles. The van der Waals surface area contributed by atoms with Gasteiger partial charge < -0.3 is 9.84 Å². The van der Waals surface area contributed by atoms with E-state index in [1.165, 1.54) is 23.8 Å². The number of ether oxygens (including phenoxy) is 1. The average Bonchev–Trinajstić information content (AvgIpc) is 2.16. The fourth-order valence-corrected chi connectivity index (χ4v) is 2.81. The molecule has 76 valence electrons. The Bertz CT molecular complexity index is 327. The monoisotopic (exact) mass is 215 g/mol. The predicted octanol–water partition coefficient (Wildman–Crippen LogP) is -0.115. The third kappa shape index (κ3) is 1.14. The zero-order chi connectivity index (χ0) is 10.3. The van der Waals surface area contributed by atoms with E-state index in [-0.39, 0.29) is 17.0 Å². The molecule has 2 heterocycles. The first kappa shape index (κ1) is 9.54. The smallest absolute Gasteiger partial charge is 0.352 e. The lowest BCUT2D eigenvalue weighted by Gasteiger charge is -2.47. The van der Waals surface area contributed by atoms with E-state index in [1.54, 1.807) is 6.08 Å². The maximum Gasteiger partial charge on any atom is 0.352 e. The molecule has 1 fully saturated rings. The van der Waals surface area contributed by atoms with Crippen LogP contribution >= 0.6 is 11.8 Å². The minimum absolute atomic E-state index is 0.0760. The molecule has 5 nitrogen and oxygen atoms in total. The van der Waals surface area contributed by atoms with E-state index in [4.69, 9.17) is 9.84 Å². The van der Waals surface area contributed by atoms with Crippen LogP contribution in [0.2, 0.25) is 0 Å². The summed E-state index contributed by atoms with van der Waals surface area (Å²) in [7, 11) is 1.46. The van der Waals surface area contributed by atoms with Gasteiger partial charge in [0.1, 0.15) is 11.1 Å². The van der Waals surface area contributed by atoms with Gasteiger partial charge in [0.2, 0.25) is 0 Å². The number of thioether (sulfide) groups is 1. The minimum atomic E-state index is -1.06. The largest absolute Gasteiger partial charge is 0.477 e. The van der Waals surface area contributed by atoms with Crippen LogP contribution in [0.25, 0.3) is 0 Å². The van der Waals surface area contributed by atoms with Gasteiger partial charge in [-0.15, -0.1) is 11.8 Å². The Hall–Kier alpha value is -1.01. The van der Waals surface area contributed by atoms with Gasteiger partial charge in [-0.3, -0.25) is 9.69 Å². The summed E-state index contributed by atoms with van der Waals surface area (Å²) < 4.78 is 4.96. The number of carbonyl (C=O) groups is 2. The molecule has 6 heteroatoms. The lowest BCUT2D eigenvalue weighted by Crippen LogP contribution is -2.65. The van der Waals surface area contributed by atoms with Crippen molar-refractivity contribution in [2.75, 3.05) is 12.9 Å². The van der Waals surface area contributed by atoms with E-state index < -0.39 is 12.1 Å². The van der Waals surface area contributed by atoms with Crippen LogP contribution in [-0.4, -0.2) is 46.2 Å². The predicted molar refractivity (Wildman–Crippen MR) is 49.6 cm³/mol. The van der Waals surface area contributed by atoms with Crippen molar-refractivity contribution in [3.63, 3.8) is 0 Å².